The van der Waals surface area contributed by atoms with Crippen molar-refractivity contribution >= 4 is 28.9 Å². The average Bonchev–Trinajstić information content (AvgIpc) is 2.40. The number of thiocarbonyl (C=S) groups is 1. The lowest BCUT2D eigenvalue weighted by molar-refractivity contribution is 0.411. The molecule has 2 N–H and O–H groups in total. The van der Waals surface area contributed by atoms with Crippen molar-refractivity contribution in [1.29, 1.82) is 0 Å². The molecule has 0 heterocycles. The molecule has 2 nitrogen and oxygen atoms in total. The molecule has 0 spiro atoms. The zero-order valence-corrected chi connectivity index (χ0v) is 12.9. The Morgan fingerprint density at radius 2 is 1.84 bits per heavy atom. The second kappa shape index (κ2) is 7.11. The molecule has 104 valence electrons. The lowest BCUT2D eigenvalue weighted by atomic mass is 9.96. The Labute approximate surface area is 125 Å². The maximum atomic E-state index is 5.89. The quantitative estimate of drug-likeness (QED) is 0.818. The average molecular weight is 297 g/mol. The molecule has 0 aromatic heterocycles. The highest BCUT2D eigenvalue weighted by molar-refractivity contribution is 7.80. The van der Waals surface area contributed by atoms with Crippen LogP contribution in [0.5, 0.6) is 0 Å². The van der Waals surface area contributed by atoms with E-state index in [2.05, 4.69) is 17.6 Å². The van der Waals surface area contributed by atoms with Gasteiger partial charge in [-0.2, -0.15) is 0 Å². The minimum atomic E-state index is 0.195. The van der Waals surface area contributed by atoms with Crippen LogP contribution in [0.25, 0.3) is 0 Å². The number of hydrogen-bond acceptors (Lipinski definition) is 1. The number of nitrogens with one attached hydrogen (secondary N) is 2. The molecule has 1 aromatic carbocycles. The first kappa shape index (κ1) is 14.6. The van der Waals surface area contributed by atoms with Gasteiger partial charge in [-0.15, -0.1) is 0 Å². The van der Waals surface area contributed by atoms with E-state index in [1.807, 2.05) is 24.3 Å². The molecule has 0 radical (unpaired) electrons. The predicted octanol–water partition coefficient (Wildman–Crippen LogP) is 4.20. The van der Waals surface area contributed by atoms with Crippen LogP contribution in [0.4, 0.5) is 0 Å². The first-order chi connectivity index (χ1) is 9.15. The lowest BCUT2D eigenvalue weighted by Crippen LogP contribution is -2.43. The highest BCUT2D eigenvalue weighted by Crippen LogP contribution is 2.18. The second-order valence-corrected chi connectivity index (χ2v) is 6.07. The molecular weight excluding hydrogens is 276 g/mol. The number of hydrogen-bond donors (Lipinski definition) is 2. The Kier molecular flexibility index (Phi) is 5.46. The molecule has 19 heavy (non-hydrogen) atoms. The molecule has 0 bridgehead atoms. The molecule has 2 rings (SSSR count). The van der Waals surface area contributed by atoms with Crippen LogP contribution in [0.3, 0.4) is 0 Å². The van der Waals surface area contributed by atoms with Crippen molar-refractivity contribution in [1.82, 2.24) is 10.6 Å². The molecule has 0 amide bonds. The summed E-state index contributed by atoms with van der Waals surface area (Å²) in [5, 5.41) is 8.29. The van der Waals surface area contributed by atoms with Gasteiger partial charge in [0.05, 0.1) is 6.04 Å². The van der Waals surface area contributed by atoms with Crippen LogP contribution in [0, 0.1) is 0 Å². The van der Waals surface area contributed by atoms with Gasteiger partial charge in [-0.3, -0.25) is 0 Å². The molecule has 0 saturated heterocycles. The number of rotatable bonds is 3. The van der Waals surface area contributed by atoms with Gasteiger partial charge in [0, 0.05) is 11.1 Å². The summed E-state index contributed by atoms with van der Waals surface area (Å²) in [4.78, 5) is 0. The Bertz CT molecular complexity index is 413. The molecule has 1 saturated carbocycles. The van der Waals surface area contributed by atoms with Crippen LogP contribution in [0.2, 0.25) is 5.02 Å². The third-order valence-electron chi connectivity index (χ3n) is 3.66. The molecule has 1 atom stereocenters. The molecule has 4 heteroatoms. The summed E-state index contributed by atoms with van der Waals surface area (Å²) < 4.78 is 0. The number of benzene rings is 1. The minimum absolute atomic E-state index is 0.195. The normalized spacial score (nSPS) is 17.8. The predicted molar refractivity (Wildman–Crippen MR) is 85.6 cm³/mol. The Balaban J connectivity index is 1.82. The van der Waals surface area contributed by atoms with Crippen LogP contribution in [-0.2, 0) is 0 Å². The fourth-order valence-electron chi connectivity index (χ4n) is 2.51. The van der Waals surface area contributed by atoms with Gasteiger partial charge in [-0.25, -0.2) is 0 Å². The van der Waals surface area contributed by atoms with Crippen LogP contribution < -0.4 is 10.6 Å². The fraction of sp³-hybridized carbons (Fsp3) is 0.533. The van der Waals surface area contributed by atoms with E-state index < -0.39 is 0 Å². The van der Waals surface area contributed by atoms with E-state index in [-0.39, 0.29) is 6.04 Å². The summed E-state index contributed by atoms with van der Waals surface area (Å²) in [5.41, 5.74) is 1.19. The molecular formula is C15H21ClN2S. The van der Waals surface area contributed by atoms with Gasteiger partial charge in [-0.05, 0) is 49.7 Å². The summed E-state index contributed by atoms with van der Waals surface area (Å²) in [6.07, 6.45) is 6.45. The van der Waals surface area contributed by atoms with Crippen molar-refractivity contribution in [2.75, 3.05) is 0 Å². The summed E-state index contributed by atoms with van der Waals surface area (Å²) in [6.45, 7) is 2.11. The molecule has 1 aliphatic carbocycles. The summed E-state index contributed by atoms with van der Waals surface area (Å²) in [5.74, 6) is 0. The Morgan fingerprint density at radius 1 is 1.21 bits per heavy atom. The summed E-state index contributed by atoms with van der Waals surface area (Å²) >= 11 is 11.3. The highest BCUT2D eigenvalue weighted by Gasteiger charge is 2.15. The van der Waals surface area contributed by atoms with Crippen molar-refractivity contribution in [3.8, 4) is 0 Å². The molecule has 0 unspecified atom stereocenters. The maximum absolute atomic E-state index is 5.89. The molecule has 1 aliphatic rings. The van der Waals surface area contributed by atoms with Gasteiger partial charge in [-0.1, -0.05) is 43.0 Å². The van der Waals surface area contributed by atoms with Crippen molar-refractivity contribution in [3.63, 3.8) is 0 Å². The topological polar surface area (TPSA) is 24.1 Å². The standard InChI is InChI=1S/C15H21ClN2S/c1-11(12-7-9-13(16)10-8-12)17-15(19)18-14-5-3-2-4-6-14/h7-11,14H,2-6H2,1H3,(H2,17,18,19)/t11-/m1/s1. The van der Waals surface area contributed by atoms with Crippen LogP contribution in [0.1, 0.15) is 50.6 Å². The third kappa shape index (κ3) is 4.66. The first-order valence-electron chi connectivity index (χ1n) is 6.97. The van der Waals surface area contributed by atoms with Crippen molar-refractivity contribution in [2.45, 2.75) is 51.1 Å². The second-order valence-electron chi connectivity index (χ2n) is 5.23. The summed E-state index contributed by atoms with van der Waals surface area (Å²) in [7, 11) is 0. The zero-order chi connectivity index (χ0) is 13.7. The van der Waals surface area contributed by atoms with Crippen LogP contribution in [0.15, 0.2) is 24.3 Å². The van der Waals surface area contributed by atoms with Crippen molar-refractivity contribution in [2.24, 2.45) is 0 Å². The van der Waals surface area contributed by atoms with E-state index in [4.69, 9.17) is 23.8 Å². The number of halogens is 1. The molecule has 1 aromatic rings. The van der Waals surface area contributed by atoms with E-state index in [1.54, 1.807) is 0 Å². The van der Waals surface area contributed by atoms with E-state index >= 15 is 0 Å². The molecule has 0 aliphatic heterocycles. The van der Waals surface area contributed by atoms with Gasteiger partial charge in [0.1, 0.15) is 0 Å². The highest BCUT2D eigenvalue weighted by atomic mass is 35.5. The lowest BCUT2D eigenvalue weighted by Gasteiger charge is -2.26. The van der Waals surface area contributed by atoms with Crippen molar-refractivity contribution < 1.29 is 0 Å². The van der Waals surface area contributed by atoms with E-state index in [0.29, 0.717) is 6.04 Å². The Morgan fingerprint density at radius 3 is 2.47 bits per heavy atom. The largest absolute Gasteiger partial charge is 0.360 e. The monoisotopic (exact) mass is 296 g/mol. The smallest absolute Gasteiger partial charge is 0.166 e. The molecule has 1 fully saturated rings. The SMILES string of the molecule is C[C@@H](NC(=S)NC1CCCCC1)c1ccc(Cl)cc1. The summed E-state index contributed by atoms with van der Waals surface area (Å²) in [6, 6.07) is 8.62. The van der Waals surface area contributed by atoms with Crippen LogP contribution >= 0.6 is 23.8 Å². The van der Waals surface area contributed by atoms with Gasteiger partial charge in [0.15, 0.2) is 5.11 Å². The zero-order valence-electron chi connectivity index (χ0n) is 11.3. The van der Waals surface area contributed by atoms with Crippen molar-refractivity contribution in [3.05, 3.63) is 34.9 Å². The van der Waals surface area contributed by atoms with E-state index in [0.717, 1.165) is 10.1 Å². The fourth-order valence-corrected chi connectivity index (χ4v) is 2.97. The van der Waals surface area contributed by atoms with E-state index in [1.165, 1.54) is 37.7 Å². The third-order valence-corrected chi connectivity index (χ3v) is 4.15. The first-order valence-corrected chi connectivity index (χ1v) is 7.76. The van der Waals surface area contributed by atoms with Gasteiger partial charge >= 0.3 is 0 Å². The maximum Gasteiger partial charge on any atom is 0.166 e. The Hall–Kier alpha value is -0.800. The van der Waals surface area contributed by atoms with Gasteiger partial charge in [0.2, 0.25) is 0 Å². The minimum Gasteiger partial charge on any atom is -0.360 e. The van der Waals surface area contributed by atoms with Crippen LogP contribution in [-0.4, -0.2) is 11.2 Å². The van der Waals surface area contributed by atoms with Gasteiger partial charge in [0.25, 0.3) is 0 Å². The van der Waals surface area contributed by atoms with Gasteiger partial charge < -0.3 is 10.6 Å². The van der Waals surface area contributed by atoms with E-state index in [9.17, 15) is 0 Å².